The fraction of sp³-hybridized carbons (Fsp3) is 0.462. The number of carbonyl (C=O) groups is 2. The molecule has 2 aromatic carbocycles. The molecule has 0 aromatic heterocycles. The molecule has 3 aliphatic heterocycles. The fourth-order valence-corrected chi connectivity index (χ4v) is 9.16. The van der Waals surface area contributed by atoms with Crippen LogP contribution in [0.4, 0.5) is 11.4 Å². The average Bonchev–Trinajstić information content (AvgIpc) is 3.20. The van der Waals surface area contributed by atoms with E-state index in [1.807, 2.05) is 62.5 Å². The number of aliphatic hydroxyl groups excluding tert-OH is 1. The Hall–Kier alpha value is -2.04. The van der Waals surface area contributed by atoms with Crippen molar-refractivity contribution in [2.24, 2.45) is 5.92 Å². The minimum atomic E-state index is -2.72. The Morgan fingerprint density at radius 3 is 2.60 bits per heavy atom. The Labute approximate surface area is 214 Å². The van der Waals surface area contributed by atoms with Gasteiger partial charge in [0.1, 0.15) is 0 Å². The quantitative estimate of drug-likeness (QED) is 0.414. The van der Waals surface area contributed by atoms with Gasteiger partial charge in [0.05, 0.1) is 18.3 Å². The molecule has 0 bridgehead atoms. The minimum absolute atomic E-state index is 0.0697. The van der Waals surface area contributed by atoms with Crippen LogP contribution >= 0.6 is 15.9 Å². The van der Waals surface area contributed by atoms with Gasteiger partial charge in [-0.15, -0.1) is 0 Å². The molecular formula is C26H31BrN2O5Si. The lowest BCUT2D eigenvalue weighted by Gasteiger charge is -2.32. The smallest absolute Gasteiger partial charge is 0.264 e. The molecule has 2 saturated heterocycles. The van der Waals surface area contributed by atoms with Gasteiger partial charge in [-0.25, -0.2) is 0 Å². The first-order chi connectivity index (χ1) is 16.6. The third-order valence-corrected chi connectivity index (χ3v) is 10.8. The monoisotopic (exact) mass is 558 g/mol. The van der Waals surface area contributed by atoms with Crippen LogP contribution in [0.2, 0.25) is 18.6 Å². The highest BCUT2D eigenvalue weighted by molar-refractivity contribution is 9.10. The molecule has 7 nitrogen and oxygen atoms in total. The zero-order valence-corrected chi connectivity index (χ0v) is 22.8. The molecule has 1 spiro atoms. The van der Waals surface area contributed by atoms with E-state index in [0.717, 1.165) is 27.0 Å². The molecule has 0 saturated carbocycles. The van der Waals surface area contributed by atoms with E-state index in [1.165, 1.54) is 0 Å². The van der Waals surface area contributed by atoms with Crippen molar-refractivity contribution < 1.29 is 24.2 Å². The van der Waals surface area contributed by atoms with E-state index in [1.54, 1.807) is 9.80 Å². The number of hydrogen-bond acceptors (Lipinski definition) is 5. The van der Waals surface area contributed by atoms with Gasteiger partial charge < -0.3 is 24.4 Å². The SMILES string of the molecule is C[C@@H]1[C@@H]([Si](C)(C)O)[C@H](CCO)O[C@@]12C(=O)N(Cc1cccc(N3CCC3=O)c1)c1ccc(Br)cc12. The van der Waals surface area contributed by atoms with Crippen LogP contribution in [0, 0.1) is 5.92 Å². The van der Waals surface area contributed by atoms with Gasteiger partial charge in [-0.05, 0) is 55.4 Å². The summed E-state index contributed by atoms with van der Waals surface area (Å²) in [5, 5.41) is 9.72. The summed E-state index contributed by atoms with van der Waals surface area (Å²) in [4.78, 5) is 40.9. The number of aliphatic hydroxyl groups is 1. The lowest BCUT2D eigenvalue weighted by atomic mass is 9.82. The number of halogens is 1. The molecule has 2 amide bonds. The van der Waals surface area contributed by atoms with Crippen molar-refractivity contribution >= 4 is 47.4 Å². The van der Waals surface area contributed by atoms with E-state index in [-0.39, 0.29) is 29.9 Å². The van der Waals surface area contributed by atoms with Crippen LogP contribution in [0.1, 0.15) is 30.9 Å². The standard InChI is InChI=1S/C26H31BrN2O5Si/c1-16-24(35(2,3)33)22(10-12-30)34-26(16)20-14-18(27)7-8-21(20)29(25(26)32)15-17-5-4-6-19(13-17)28-11-9-23(28)31/h4-8,13-14,16,22,24,30,33H,9-12,15H2,1-3H3/t16-,22+,24-,26+/m1/s1. The molecule has 35 heavy (non-hydrogen) atoms. The number of nitrogens with zero attached hydrogens (tertiary/aromatic N) is 2. The maximum atomic E-state index is 14.3. The van der Waals surface area contributed by atoms with Gasteiger partial charge in [-0.2, -0.15) is 0 Å². The number of amides is 2. The third-order valence-electron chi connectivity index (χ3n) is 7.77. The van der Waals surface area contributed by atoms with E-state index in [2.05, 4.69) is 15.9 Å². The Balaban J connectivity index is 1.55. The predicted octanol–water partition coefficient (Wildman–Crippen LogP) is 3.91. The summed E-state index contributed by atoms with van der Waals surface area (Å²) < 4.78 is 7.46. The van der Waals surface area contributed by atoms with Crippen molar-refractivity contribution in [3.63, 3.8) is 0 Å². The average molecular weight is 560 g/mol. The Morgan fingerprint density at radius 1 is 1.20 bits per heavy atom. The zero-order chi connectivity index (χ0) is 25.1. The summed E-state index contributed by atoms with van der Waals surface area (Å²) in [6.07, 6.45) is 0.532. The third kappa shape index (κ3) is 3.88. The first kappa shape index (κ1) is 24.6. The normalized spacial score (nSPS) is 28.1. The summed E-state index contributed by atoms with van der Waals surface area (Å²) in [7, 11) is -2.72. The number of carbonyl (C=O) groups excluding carboxylic acids is 2. The summed E-state index contributed by atoms with van der Waals surface area (Å²) in [5.74, 6) is -0.299. The Bertz CT molecular complexity index is 1180. The number of benzene rings is 2. The Kier molecular flexibility index (Phi) is 6.20. The van der Waals surface area contributed by atoms with E-state index in [0.29, 0.717) is 25.9 Å². The molecule has 3 heterocycles. The van der Waals surface area contributed by atoms with Gasteiger partial charge >= 0.3 is 0 Å². The molecule has 9 heteroatoms. The highest BCUT2D eigenvalue weighted by Gasteiger charge is 2.66. The molecular weight excluding hydrogens is 528 g/mol. The van der Waals surface area contributed by atoms with E-state index >= 15 is 0 Å². The number of ether oxygens (including phenoxy) is 1. The first-order valence-corrected chi connectivity index (χ1v) is 15.9. The largest absolute Gasteiger partial charge is 0.432 e. The second-order valence-electron chi connectivity index (χ2n) is 10.4. The number of anilines is 2. The summed E-state index contributed by atoms with van der Waals surface area (Å²) in [6.45, 7) is 6.74. The van der Waals surface area contributed by atoms with E-state index in [9.17, 15) is 19.5 Å². The van der Waals surface area contributed by atoms with Crippen molar-refractivity contribution in [3.8, 4) is 0 Å². The maximum absolute atomic E-state index is 14.3. The van der Waals surface area contributed by atoms with Crippen LogP contribution in [0.5, 0.6) is 0 Å². The van der Waals surface area contributed by atoms with Gasteiger partial charge in [0.2, 0.25) is 5.91 Å². The second kappa shape index (κ2) is 8.81. The second-order valence-corrected chi connectivity index (χ2v) is 15.3. The fourth-order valence-electron chi connectivity index (χ4n) is 6.20. The number of rotatable bonds is 6. The number of β-lactam (4-membered cyclic amide) rings is 1. The number of hydrogen-bond donors (Lipinski definition) is 2. The van der Waals surface area contributed by atoms with Gasteiger partial charge in [-0.3, -0.25) is 9.59 Å². The van der Waals surface area contributed by atoms with E-state index in [4.69, 9.17) is 4.74 Å². The van der Waals surface area contributed by atoms with Crippen LogP contribution in [-0.2, 0) is 26.5 Å². The van der Waals surface area contributed by atoms with Crippen LogP contribution in [0.15, 0.2) is 46.9 Å². The summed E-state index contributed by atoms with van der Waals surface area (Å²) in [6, 6.07) is 13.6. The highest BCUT2D eigenvalue weighted by atomic mass is 79.9. The lowest BCUT2D eigenvalue weighted by Crippen LogP contribution is -2.46. The minimum Gasteiger partial charge on any atom is -0.432 e. The van der Waals surface area contributed by atoms with Crippen LogP contribution in [0.25, 0.3) is 0 Å². The molecule has 186 valence electrons. The number of fused-ring (bicyclic) bond motifs is 2. The molecule has 0 aliphatic carbocycles. The molecule has 2 aromatic rings. The van der Waals surface area contributed by atoms with Crippen LogP contribution < -0.4 is 9.80 Å². The molecule has 3 aliphatic rings. The van der Waals surface area contributed by atoms with Crippen molar-refractivity contribution in [2.45, 2.75) is 56.7 Å². The van der Waals surface area contributed by atoms with E-state index < -0.39 is 20.0 Å². The molecule has 2 fully saturated rings. The zero-order valence-electron chi connectivity index (χ0n) is 20.2. The van der Waals surface area contributed by atoms with Crippen LogP contribution in [0.3, 0.4) is 0 Å². The van der Waals surface area contributed by atoms with Crippen molar-refractivity contribution in [3.05, 3.63) is 58.1 Å². The molecule has 2 N–H and O–H groups in total. The molecule has 0 unspecified atom stereocenters. The van der Waals surface area contributed by atoms with Gasteiger partial charge in [0.15, 0.2) is 13.9 Å². The highest BCUT2D eigenvalue weighted by Crippen LogP contribution is 2.60. The topological polar surface area (TPSA) is 90.3 Å². The predicted molar refractivity (Wildman–Crippen MR) is 140 cm³/mol. The van der Waals surface area contributed by atoms with Crippen LogP contribution in [-0.4, -0.2) is 49.3 Å². The maximum Gasteiger partial charge on any atom is 0.264 e. The first-order valence-electron chi connectivity index (χ1n) is 12.1. The molecule has 4 atom stereocenters. The summed E-state index contributed by atoms with van der Waals surface area (Å²) in [5.41, 5.74) is 1.93. The lowest BCUT2D eigenvalue weighted by molar-refractivity contribution is -0.146. The van der Waals surface area contributed by atoms with Gasteiger partial charge in [-0.1, -0.05) is 35.0 Å². The molecule has 5 rings (SSSR count). The van der Waals surface area contributed by atoms with Crippen molar-refractivity contribution in [1.29, 1.82) is 0 Å². The molecule has 0 radical (unpaired) electrons. The van der Waals surface area contributed by atoms with Gasteiger partial charge in [0, 0.05) is 46.8 Å². The summed E-state index contributed by atoms with van der Waals surface area (Å²) >= 11 is 3.56. The van der Waals surface area contributed by atoms with Crippen molar-refractivity contribution in [1.82, 2.24) is 0 Å². The van der Waals surface area contributed by atoms with Gasteiger partial charge in [0.25, 0.3) is 5.91 Å². The Morgan fingerprint density at radius 2 is 1.97 bits per heavy atom. The van der Waals surface area contributed by atoms with Crippen molar-refractivity contribution in [2.75, 3.05) is 23.0 Å².